The van der Waals surface area contributed by atoms with Gasteiger partial charge in [0.05, 0.1) is 0 Å². The lowest BCUT2D eigenvalue weighted by Gasteiger charge is -2.25. The Kier molecular flexibility index (Phi) is 3.92. The minimum atomic E-state index is -0.440. The third-order valence-corrected chi connectivity index (χ3v) is 5.08. The van der Waals surface area contributed by atoms with Gasteiger partial charge in [0.15, 0.2) is 6.10 Å². The van der Waals surface area contributed by atoms with Gasteiger partial charge in [-0.15, -0.1) is 0 Å². The molecule has 21 heavy (non-hydrogen) atoms. The van der Waals surface area contributed by atoms with Crippen LogP contribution < -0.4 is 10.1 Å². The molecule has 1 N–H and O–H groups in total. The second kappa shape index (κ2) is 5.70. The number of hydrogen-bond acceptors (Lipinski definition) is 2. The molecule has 0 unspecified atom stereocenters. The molecule has 2 bridgehead atoms. The van der Waals surface area contributed by atoms with Gasteiger partial charge in [0.2, 0.25) is 0 Å². The van der Waals surface area contributed by atoms with E-state index in [1.165, 1.54) is 19.3 Å². The largest absolute Gasteiger partial charge is 0.481 e. The molecule has 1 amide bonds. The predicted molar refractivity (Wildman–Crippen MR) is 83.4 cm³/mol. The highest BCUT2D eigenvalue weighted by molar-refractivity contribution is 5.81. The van der Waals surface area contributed by atoms with Crippen LogP contribution in [0.3, 0.4) is 0 Å². The van der Waals surface area contributed by atoms with Gasteiger partial charge in [0, 0.05) is 6.04 Å². The molecule has 2 aliphatic rings. The van der Waals surface area contributed by atoms with Crippen LogP contribution in [0.25, 0.3) is 0 Å². The molecule has 3 heteroatoms. The summed E-state index contributed by atoms with van der Waals surface area (Å²) < 4.78 is 5.87. The topological polar surface area (TPSA) is 38.3 Å². The lowest BCUT2D eigenvalue weighted by Crippen LogP contribution is -2.44. The first kappa shape index (κ1) is 14.4. The van der Waals surface area contributed by atoms with Crippen molar-refractivity contribution < 1.29 is 9.53 Å². The molecule has 0 heterocycles. The molecule has 1 aromatic rings. The van der Waals surface area contributed by atoms with Crippen LogP contribution in [0.15, 0.2) is 18.2 Å². The van der Waals surface area contributed by atoms with E-state index in [1.807, 2.05) is 32.9 Å². The van der Waals surface area contributed by atoms with Crippen LogP contribution in [0.4, 0.5) is 0 Å². The third kappa shape index (κ3) is 3.07. The van der Waals surface area contributed by atoms with Crippen molar-refractivity contribution in [2.24, 2.45) is 11.8 Å². The van der Waals surface area contributed by atoms with Crippen LogP contribution in [0.2, 0.25) is 0 Å². The number of carbonyl (C=O) groups is 1. The minimum absolute atomic E-state index is 0.0217. The van der Waals surface area contributed by atoms with Gasteiger partial charge in [-0.25, -0.2) is 0 Å². The number of amides is 1. The number of fused-ring (bicyclic) bond motifs is 2. The van der Waals surface area contributed by atoms with Crippen LogP contribution in [-0.2, 0) is 4.79 Å². The van der Waals surface area contributed by atoms with Crippen molar-refractivity contribution in [2.45, 2.75) is 58.6 Å². The zero-order valence-corrected chi connectivity index (χ0v) is 13.2. The average molecular weight is 287 g/mol. The van der Waals surface area contributed by atoms with Gasteiger partial charge < -0.3 is 10.1 Å². The van der Waals surface area contributed by atoms with Crippen molar-refractivity contribution in [3.8, 4) is 5.75 Å². The maximum Gasteiger partial charge on any atom is 0.261 e. The van der Waals surface area contributed by atoms with Crippen molar-refractivity contribution in [2.75, 3.05) is 0 Å². The van der Waals surface area contributed by atoms with Crippen LogP contribution in [-0.4, -0.2) is 18.1 Å². The number of nitrogens with one attached hydrogen (secondary N) is 1. The highest BCUT2D eigenvalue weighted by Gasteiger charge is 2.40. The molecule has 2 saturated carbocycles. The Hall–Kier alpha value is -1.51. The van der Waals surface area contributed by atoms with E-state index in [2.05, 4.69) is 11.4 Å². The number of benzene rings is 1. The van der Waals surface area contributed by atoms with Crippen molar-refractivity contribution in [3.63, 3.8) is 0 Å². The molecule has 0 saturated heterocycles. The lowest BCUT2D eigenvalue weighted by molar-refractivity contribution is -0.128. The summed E-state index contributed by atoms with van der Waals surface area (Å²) in [5, 5.41) is 3.20. The van der Waals surface area contributed by atoms with Crippen LogP contribution in [0.5, 0.6) is 5.75 Å². The van der Waals surface area contributed by atoms with E-state index < -0.39 is 6.10 Å². The molecule has 1 aromatic carbocycles. The minimum Gasteiger partial charge on any atom is -0.481 e. The zero-order chi connectivity index (χ0) is 15.0. The standard InChI is InChI=1S/C18H25NO2/c1-11-4-5-12(2)17(8-11)21-13(3)18(20)19-16-10-14-6-7-15(16)9-14/h4-5,8,13-16H,6-7,9-10H2,1-3H3,(H,19,20)/t13-,14+,15+,16+/m0/s1. The summed E-state index contributed by atoms with van der Waals surface area (Å²) in [4.78, 5) is 12.3. The summed E-state index contributed by atoms with van der Waals surface area (Å²) in [6.45, 7) is 5.88. The van der Waals surface area contributed by atoms with Crippen molar-refractivity contribution in [3.05, 3.63) is 29.3 Å². The Morgan fingerprint density at radius 2 is 2.10 bits per heavy atom. The Morgan fingerprint density at radius 1 is 1.29 bits per heavy atom. The van der Waals surface area contributed by atoms with Gasteiger partial charge in [-0.2, -0.15) is 0 Å². The van der Waals surface area contributed by atoms with Gasteiger partial charge in [0.1, 0.15) is 5.75 Å². The van der Waals surface area contributed by atoms with Crippen LogP contribution >= 0.6 is 0 Å². The van der Waals surface area contributed by atoms with Gasteiger partial charge in [-0.1, -0.05) is 18.6 Å². The summed E-state index contributed by atoms with van der Waals surface area (Å²) in [5.74, 6) is 2.38. The van der Waals surface area contributed by atoms with Crippen molar-refractivity contribution in [1.29, 1.82) is 0 Å². The molecule has 0 aromatic heterocycles. The highest BCUT2D eigenvalue weighted by atomic mass is 16.5. The quantitative estimate of drug-likeness (QED) is 0.922. The number of ether oxygens (including phenoxy) is 1. The first-order valence-electron chi connectivity index (χ1n) is 8.07. The molecule has 2 fully saturated rings. The maximum absolute atomic E-state index is 12.3. The van der Waals surface area contributed by atoms with E-state index in [1.54, 1.807) is 0 Å². The molecular weight excluding hydrogens is 262 g/mol. The third-order valence-electron chi connectivity index (χ3n) is 5.08. The number of hydrogen-bond donors (Lipinski definition) is 1. The molecule has 0 radical (unpaired) electrons. The SMILES string of the molecule is Cc1ccc(C)c(O[C@@H](C)C(=O)N[C@@H]2C[C@@H]3CC[C@@H]2C3)c1. The smallest absolute Gasteiger partial charge is 0.261 e. The molecule has 2 aliphatic carbocycles. The molecule has 114 valence electrons. The molecule has 3 rings (SSSR count). The Bertz CT molecular complexity index is 540. The van der Waals surface area contributed by atoms with Crippen LogP contribution in [0.1, 0.15) is 43.7 Å². The zero-order valence-electron chi connectivity index (χ0n) is 13.2. The molecule has 0 aliphatic heterocycles. The van der Waals surface area contributed by atoms with Gasteiger partial charge >= 0.3 is 0 Å². The Morgan fingerprint density at radius 3 is 2.76 bits per heavy atom. The van der Waals surface area contributed by atoms with Gasteiger partial charge in [0.25, 0.3) is 5.91 Å². The summed E-state index contributed by atoms with van der Waals surface area (Å²) in [6, 6.07) is 6.46. The van der Waals surface area contributed by atoms with E-state index in [0.29, 0.717) is 12.0 Å². The lowest BCUT2D eigenvalue weighted by atomic mass is 9.95. The van der Waals surface area contributed by atoms with Crippen molar-refractivity contribution >= 4 is 5.91 Å². The second-order valence-electron chi connectivity index (χ2n) is 6.82. The monoisotopic (exact) mass is 287 g/mol. The highest BCUT2D eigenvalue weighted by Crippen LogP contribution is 2.44. The summed E-state index contributed by atoms with van der Waals surface area (Å²) in [5.41, 5.74) is 2.22. The Balaban J connectivity index is 1.58. The van der Waals surface area contributed by atoms with Gasteiger partial charge in [-0.05, 0) is 69.1 Å². The maximum atomic E-state index is 12.3. The van der Waals surface area contributed by atoms with E-state index >= 15 is 0 Å². The average Bonchev–Trinajstić information content (AvgIpc) is 3.05. The molecule has 0 spiro atoms. The number of carbonyl (C=O) groups excluding carboxylic acids is 1. The first-order chi connectivity index (χ1) is 10.0. The summed E-state index contributed by atoms with van der Waals surface area (Å²) in [6.07, 6.45) is 4.65. The van der Waals surface area contributed by atoms with E-state index in [4.69, 9.17) is 4.74 Å². The molecule has 4 atom stereocenters. The normalized spacial score (nSPS) is 28.4. The van der Waals surface area contributed by atoms with E-state index in [-0.39, 0.29) is 5.91 Å². The first-order valence-corrected chi connectivity index (χ1v) is 8.07. The van der Waals surface area contributed by atoms with Crippen molar-refractivity contribution in [1.82, 2.24) is 5.32 Å². The molecular formula is C18H25NO2. The molecule has 3 nitrogen and oxygen atoms in total. The number of aryl methyl sites for hydroxylation is 2. The predicted octanol–water partition coefficient (Wildman–Crippen LogP) is 3.38. The second-order valence-corrected chi connectivity index (χ2v) is 6.82. The fraction of sp³-hybridized carbons (Fsp3) is 0.611. The van der Waals surface area contributed by atoms with Gasteiger partial charge in [-0.3, -0.25) is 4.79 Å². The fourth-order valence-electron chi connectivity index (χ4n) is 3.80. The van der Waals surface area contributed by atoms with E-state index in [9.17, 15) is 4.79 Å². The summed E-state index contributed by atoms with van der Waals surface area (Å²) in [7, 11) is 0. The summed E-state index contributed by atoms with van der Waals surface area (Å²) >= 11 is 0. The van der Waals surface area contributed by atoms with Crippen LogP contribution in [0, 0.1) is 25.7 Å². The number of rotatable bonds is 4. The fourth-order valence-corrected chi connectivity index (χ4v) is 3.80. The van der Waals surface area contributed by atoms with E-state index in [0.717, 1.165) is 29.2 Å². The Labute approximate surface area is 127 Å².